The van der Waals surface area contributed by atoms with Crippen LogP contribution in [-0.2, 0) is 14.9 Å². The van der Waals surface area contributed by atoms with E-state index in [1.807, 2.05) is 45.0 Å². The number of ether oxygens (including phenoxy) is 1. The Hall–Kier alpha value is -3.92. The van der Waals surface area contributed by atoms with Crippen LogP contribution in [0.15, 0.2) is 59.5 Å². The molecular weight excluding hydrogens is 651 g/mol. The van der Waals surface area contributed by atoms with E-state index >= 15 is 0 Å². The van der Waals surface area contributed by atoms with E-state index in [9.17, 15) is 31.5 Å². The monoisotopic (exact) mass is 693 g/mol. The van der Waals surface area contributed by atoms with Gasteiger partial charge in [0.25, 0.3) is 16.5 Å². The molecule has 2 fully saturated rings. The van der Waals surface area contributed by atoms with Gasteiger partial charge in [-0.3, -0.25) is 4.55 Å². The number of nitrogens with zero attached hydrogens (tertiary/aromatic N) is 3. The predicted octanol–water partition coefficient (Wildman–Crippen LogP) is 5.39. The minimum atomic E-state index is -4.02. The highest BCUT2D eigenvalue weighted by Crippen LogP contribution is 2.32. The minimum absolute atomic E-state index is 0.0403. The first-order chi connectivity index (χ1) is 22.7. The van der Waals surface area contributed by atoms with Crippen molar-refractivity contribution in [3.8, 4) is 11.1 Å². The zero-order chi connectivity index (χ0) is 35.0. The van der Waals surface area contributed by atoms with Gasteiger partial charge in [0.1, 0.15) is 11.6 Å². The van der Waals surface area contributed by atoms with Crippen LogP contribution in [0.1, 0.15) is 24.5 Å². The van der Waals surface area contributed by atoms with Gasteiger partial charge in [0.2, 0.25) is 0 Å². The van der Waals surface area contributed by atoms with Crippen molar-refractivity contribution in [2.45, 2.75) is 50.7 Å². The molecule has 5 rings (SSSR count). The van der Waals surface area contributed by atoms with Crippen LogP contribution in [-0.4, -0.2) is 98.6 Å². The van der Waals surface area contributed by atoms with Crippen molar-refractivity contribution < 1.29 is 40.8 Å². The number of benzene rings is 2. The Morgan fingerprint density at radius 1 is 1.04 bits per heavy atom. The number of carbonyl (C=O) groups is 1. The third-order valence-corrected chi connectivity index (χ3v) is 9.00. The van der Waals surface area contributed by atoms with Crippen molar-refractivity contribution in [3.05, 3.63) is 65.7 Å². The number of carbonyl (C=O) groups excluding carboxylic acids is 1. The van der Waals surface area contributed by atoms with Crippen molar-refractivity contribution in [2.24, 2.45) is 5.92 Å². The van der Waals surface area contributed by atoms with E-state index in [4.69, 9.17) is 14.3 Å². The smallest absolute Gasteiger partial charge is 0.321 e. The summed E-state index contributed by atoms with van der Waals surface area (Å²) in [5, 5.41) is 15.6. The fraction of sp³-hybridized carbons (Fsp3) is 0.455. The Balaban J connectivity index is 0.000000401. The molecule has 2 saturated heterocycles. The summed E-state index contributed by atoms with van der Waals surface area (Å²) < 4.78 is 74.2. The maximum Gasteiger partial charge on any atom is 0.321 e. The zero-order valence-electron chi connectivity index (χ0n) is 27.1. The van der Waals surface area contributed by atoms with Crippen molar-refractivity contribution in [1.82, 2.24) is 9.88 Å². The van der Waals surface area contributed by atoms with Gasteiger partial charge in [0.05, 0.1) is 24.7 Å². The summed E-state index contributed by atoms with van der Waals surface area (Å²) in [6.45, 7) is 8.46. The van der Waals surface area contributed by atoms with E-state index in [0.717, 1.165) is 28.1 Å². The van der Waals surface area contributed by atoms with E-state index in [2.05, 4.69) is 15.5 Å². The number of rotatable bonds is 9. The fourth-order valence-corrected chi connectivity index (χ4v) is 5.84. The Bertz CT molecular complexity index is 1640. The van der Waals surface area contributed by atoms with Gasteiger partial charge in [-0.1, -0.05) is 23.8 Å². The number of aromatic nitrogens is 1. The molecule has 3 atom stereocenters. The van der Waals surface area contributed by atoms with Gasteiger partial charge in [-0.05, 0) is 80.3 Å². The molecule has 2 amide bonds. The number of anilines is 3. The molecular formula is C33H42F3N5O6S. The topological polar surface area (TPSA) is 144 Å². The Morgan fingerprint density at radius 2 is 1.73 bits per heavy atom. The van der Waals surface area contributed by atoms with Gasteiger partial charge < -0.3 is 30.3 Å². The van der Waals surface area contributed by atoms with Crippen molar-refractivity contribution in [2.75, 3.05) is 61.5 Å². The van der Waals surface area contributed by atoms with E-state index < -0.39 is 34.7 Å². The number of pyridine rings is 1. The van der Waals surface area contributed by atoms with Gasteiger partial charge >= 0.3 is 6.03 Å². The maximum absolute atomic E-state index is 13.7. The molecule has 2 aliphatic rings. The second-order valence-electron chi connectivity index (χ2n) is 11.9. The summed E-state index contributed by atoms with van der Waals surface area (Å²) in [4.78, 5) is 21.0. The molecule has 2 aliphatic heterocycles. The van der Waals surface area contributed by atoms with E-state index in [-0.39, 0.29) is 37.1 Å². The number of aryl methyl sites for hydroxylation is 2. The highest BCUT2D eigenvalue weighted by molar-refractivity contribution is 7.85. The van der Waals surface area contributed by atoms with Crippen molar-refractivity contribution in [1.29, 1.82) is 0 Å². The highest BCUT2D eigenvalue weighted by Gasteiger charge is 2.36. The number of nitrogens with one attached hydrogen (secondary N) is 2. The molecule has 0 aliphatic carbocycles. The molecule has 2 aromatic carbocycles. The average Bonchev–Trinajstić information content (AvgIpc) is 3.56. The first-order valence-corrected chi connectivity index (χ1v) is 17.0. The highest BCUT2D eigenvalue weighted by atomic mass is 32.2. The number of morpholine rings is 1. The third kappa shape index (κ3) is 10.0. The lowest BCUT2D eigenvalue weighted by molar-refractivity contribution is 0.0192. The molecule has 1 aromatic heterocycles. The second kappa shape index (κ2) is 16.5. The Morgan fingerprint density at radius 3 is 2.35 bits per heavy atom. The SMILES string of the molecule is Cc1ccc(NC(=O)N2CCC(C(F)C(F)F)C2)cc1-c1cc(NC(C)CO)nc(N2CCOCC2)c1.Cc1ccc(S(=O)(=O)O)cc1. The predicted molar refractivity (Wildman–Crippen MR) is 178 cm³/mol. The van der Waals surface area contributed by atoms with Gasteiger partial charge in [0, 0.05) is 43.8 Å². The quantitative estimate of drug-likeness (QED) is 0.217. The van der Waals surface area contributed by atoms with Crippen LogP contribution in [0.25, 0.3) is 11.1 Å². The van der Waals surface area contributed by atoms with Crippen LogP contribution < -0.4 is 15.5 Å². The number of likely N-dealkylation sites (tertiary alicyclic amines) is 1. The number of alkyl halides is 3. The lowest BCUT2D eigenvalue weighted by atomic mass is 10.00. The lowest BCUT2D eigenvalue weighted by Gasteiger charge is -2.29. The normalized spacial score (nSPS) is 17.8. The van der Waals surface area contributed by atoms with Gasteiger partial charge in [0.15, 0.2) is 6.17 Å². The number of urea groups is 1. The number of hydrogen-bond donors (Lipinski definition) is 4. The van der Waals surface area contributed by atoms with Gasteiger partial charge in [-0.2, -0.15) is 8.42 Å². The largest absolute Gasteiger partial charge is 0.394 e. The first kappa shape index (κ1) is 36.9. The van der Waals surface area contributed by atoms with Crippen LogP contribution in [0.5, 0.6) is 0 Å². The second-order valence-corrected chi connectivity index (χ2v) is 13.4. The molecule has 0 saturated carbocycles. The van der Waals surface area contributed by atoms with Crippen LogP contribution in [0.3, 0.4) is 0 Å². The lowest BCUT2D eigenvalue weighted by Crippen LogP contribution is -2.37. The number of aliphatic hydroxyl groups is 1. The van der Waals surface area contributed by atoms with Gasteiger partial charge in [-0.25, -0.2) is 22.9 Å². The zero-order valence-corrected chi connectivity index (χ0v) is 27.9. The van der Waals surface area contributed by atoms with E-state index in [1.54, 1.807) is 18.2 Å². The number of halogens is 3. The molecule has 4 N–H and O–H groups in total. The Labute approximate surface area is 278 Å². The van der Waals surface area contributed by atoms with E-state index in [0.29, 0.717) is 37.8 Å². The molecule has 0 spiro atoms. The summed E-state index contributed by atoms with van der Waals surface area (Å²) in [5.74, 6) is 0.546. The molecule has 0 bridgehead atoms. The van der Waals surface area contributed by atoms with Crippen molar-refractivity contribution >= 4 is 33.5 Å². The summed E-state index contributed by atoms with van der Waals surface area (Å²) in [6.07, 6.45) is -5.07. The number of hydrogen-bond acceptors (Lipinski definition) is 8. The Kier molecular flexibility index (Phi) is 12.7. The van der Waals surface area contributed by atoms with E-state index in [1.165, 1.54) is 17.0 Å². The maximum atomic E-state index is 13.7. The number of amides is 2. The third-order valence-electron chi connectivity index (χ3n) is 8.14. The van der Waals surface area contributed by atoms with Crippen LogP contribution in [0.2, 0.25) is 0 Å². The van der Waals surface area contributed by atoms with Crippen LogP contribution in [0, 0.1) is 19.8 Å². The molecule has 0 radical (unpaired) electrons. The molecule has 3 heterocycles. The van der Waals surface area contributed by atoms with Crippen molar-refractivity contribution in [3.63, 3.8) is 0 Å². The average molecular weight is 694 g/mol. The summed E-state index contributed by atoms with van der Waals surface area (Å²) in [6, 6.07) is 14.8. The molecule has 262 valence electrons. The molecule has 11 nitrogen and oxygen atoms in total. The van der Waals surface area contributed by atoms with Gasteiger partial charge in [-0.15, -0.1) is 0 Å². The minimum Gasteiger partial charge on any atom is -0.394 e. The van der Waals surface area contributed by atoms with Crippen LogP contribution >= 0.6 is 0 Å². The molecule has 48 heavy (non-hydrogen) atoms. The van der Waals surface area contributed by atoms with Crippen LogP contribution in [0.4, 0.5) is 35.3 Å². The summed E-state index contributed by atoms with van der Waals surface area (Å²) >= 11 is 0. The standard InChI is InChI=1S/C26H34F3N5O3.C7H8O3S/c1-16-3-4-20(31-26(36)34-6-5-18(14-34)24(27)25(28)29)13-21(16)19-11-22(30-17(2)15-35)32-23(12-19)33-7-9-37-10-8-33;1-6-2-4-7(5-3-6)11(8,9)10/h3-4,11-13,17-18,24-25,35H,5-10,14-15H2,1-2H3,(H,30,32)(H,31,36);2-5H,1H3,(H,8,9,10). The molecule has 3 unspecified atom stereocenters. The summed E-state index contributed by atoms with van der Waals surface area (Å²) in [5.41, 5.74) is 4.25. The summed E-state index contributed by atoms with van der Waals surface area (Å²) in [7, 11) is -4.02. The first-order valence-electron chi connectivity index (χ1n) is 15.6. The molecule has 15 heteroatoms. The fourth-order valence-electron chi connectivity index (χ4n) is 5.36. The number of aliphatic hydroxyl groups excluding tert-OH is 1. The molecule has 3 aromatic rings.